The lowest BCUT2D eigenvalue weighted by atomic mass is 10.2. The minimum atomic E-state index is -3.69. The second-order valence-corrected chi connectivity index (χ2v) is 6.56. The van der Waals surface area contributed by atoms with Crippen LogP contribution >= 0.6 is 0 Å². The minimum absolute atomic E-state index is 0.0152. The first-order valence-corrected chi connectivity index (χ1v) is 8.13. The van der Waals surface area contributed by atoms with Crippen LogP contribution in [-0.4, -0.2) is 57.8 Å². The highest BCUT2D eigenvalue weighted by Gasteiger charge is 2.27. The van der Waals surface area contributed by atoms with Gasteiger partial charge in [0.2, 0.25) is 10.0 Å². The zero-order valence-corrected chi connectivity index (χ0v) is 13.9. The van der Waals surface area contributed by atoms with E-state index in [-0.39, 0.29) is 16.6 Å². The molecule has 1 rings (SSSR count). The molecule has 118 valence electrons. The minimum Gasteiger partial charge on any atom is -0.495 e. The molecular formula is C14H22N2O4S. The predicted molar refractivity (Wildman–Crippen MR) is 81.1 cm³/mol. The highest BCUT2D eigenvalue weighted by atomic mass is 32.2. The molecule has 1 amide bonds. The van der Waals surface area contributed by atoms with E-state index in [1.807, 2.05) is 0 Å². The highest BCUT2D eigenvalue weighted by Crippen LogP contribution is 2.28. The molecule has 1 aromatic carbocycles. The van der Waals surface area contributed by atoms with E-state index in [1.165, 1.54) is 28.4 Å². The first-order valence-electron chi connectivity index (χ1n) is 6.69. The topological polar surface area (TPSA) is 66.9 Å². The number of ether oxygens (including phenoxy) is 1. The van der Waals surface area contributed by atoms with Crippen molar-refractivity contribution in [2.45, 2.75) is 18.7 Å². The van der Waals surface area contributed by atoms with E-state index in [0.717, 1.165) is 0 Å². The zero-order chi connectivity index (χ0) is 16.2. The van der Waals surface area contributed by atoms with Crippen LogP contribution in [0.2, 0.25) is 0 Å². The Balaban J connectivity index is 3.46. The second-order valence-electron chi connectivity index (χ2n) is 4.65. The molecule has 0 spiro atoms. The van der Waals surface area contributed by atoms with Gasteiger partial charge in [-0.3, -0.25) is 4.79 Å². The molecule has 0 aliphatic heterocycles. The van der Waals surface area contributed by atoms with Crippen molar-refractivity contribution in [2.75, 3.05) is 34.3 Å². The third kappa shape index (κ3) is 3.54. The van der Waals surface area contributed by atoms with Crippen molar-refractivity contribution in [1.29, 1.82) is 0 Å². The monoisotopic (exact) mass is 314 g/mol. The Morgan fingerprint density at radius 2 is 1.76 bits per heavy atom. The van der Waals surface area contributed by atoms with Crippen molar-refractivity contribution < 1.29 is 17.9 Å². The molecule has 0 radical (unpaired) electrons. The average molecular weight is 314 g/mol. The maximum atomic E-state index is 12.6. The molecule has 1 aromatic rings. The van der Waals surface area contributed by atoms with Crippen molar-refractivity contribution in [3.05, 3.63) is 23.8 Å². The van der Waals surface area contributed by atoms with Crippen LogP contribution in [0, 0.1) is 0 Å². The summed E-state index contributed by atoms with van der Waals surface area (Å²) in [5.41, 5.74) is 0.312. The summed E-state index contributed by atoms with van der Waals surface area (Å²) in [6.45, 7) is 4.24. The van der Waals surface area contributed by atoms with Gasteiger partial charge >= 0.3 is 0 Å². The van der Waals surface area contributed by atoms with Gasteiger partial charge in [-0.25, -0.2) is 8.42 Å². The van der Waals surface area contributed by atoms with E-state index >= 15 is 0 Å². The van der Waals surface area contributed by atoms with Crippen LogP contribution in [0.25, 0.3) is 0 Å². The fraction of sp³-hybridized carbons (Fsp3) is 0.500. The Hall–Kier alpha value is -1.60. The molecule has 0 aliphatic rings. The molecule has 0 saturated heterocycles. The van der Waals surface area contributed by atoms with E-state index < -0.39 is 10.0 Å². The largest absolute Gasteiger partial charge is 0.495 e. The number of rotatable bonds is 6. The van der Waals surface area contributed by atoms with Crippen molar-refractivity contribution in [3.63, 3.8) is 0 Å². The average Bonchev–Trinajstić information content (AvgIpc) is 2.46. The summed E-state index contributed by atoms with van der Waals surface area (Å²) < 4.78 is 31.7. The number of carbonyl (C=O) groups is 1. The number of hydrogen-bond donors (Lipinski definition) is 0. The smallest absolute Gasteiger partial charge is 0.253 e. The fourth-order valence-electron chi connectivity index (χ4n) is 1.97. The molecule has 7 heteroatoms. The van der Waals surface area contributed by atoms with Crippen molar-refractivity contribution in [2.24, 2.45) is 0 Å². The van der Waals surface area contributed by atoms with Crippen LogP contribution in [-0.2, 0) is 10.0 Å². The van der Waals surface area contributed by atoms with Crippen molar-refractivity contribution >= 4 is 15.9 Å². The Bertz CT molecular complexity index is 607. The first-order chi connectivity index (χ1) is 9.79. The third-order valence-electron chi connectivity index (χ3n) is 3.14. The number of methoxy groups -OCH3 is 1. The number of hydrogen-bond acceptors (Lipinski definition) is 4. The second kappa shape index (κ2) is 6.91. The number of carbonyl (C=O) groups excluding carboxylic acids is 1. The molecule has 0 atom stereocenters. The molecule has 0 N–H and O–H groups in total. The predicted octanol–water partition coefficient (Wildman–Crippen LogP) is 1.43. The van der Waals surface area contributed by atoms with Crippen LogP contribution in [0.3, 0.4) is 0 Å². The molecule has 0 aliphatic carbocycles. The summed E-state index contributed by atoms with van der Waals surface area (Å²) >= 11 is 0. The van der Waals surface area contributed by atoms with Gasteiger partial charge in [0.15, 0.2) is 0 Å². The van der Waals surface area contributed by atoms with Crippen LogP contribution in [0.4, 0.5) is 0 Å². The van der Waals surface area contributed by atoms with Crippen molar-refractivity contribution in [1.82, 2.24) is 9.21 Å². The van der Waals surface area contributed by atoms with Gasteiger partial charge in [0, 0.05) is 32.7 Å². The lowest BCUT2D eigenvalue weighted by molar-refractivity contribution is 0.0827. The summed E-state index contributed by atoms with van der Waals surface area (Å²) in [6.07, 6.45) is 0. The van der Waals surface area contributed by atoms with Gasteiger partial charge in [-0.1, -0.05) is 13.8 Å². The van der Waals surface area contributed by atoms with Crippen LogP contribution in [0.5, 0.6) is 5.75 Å². The highest BCUT2D eigenvalue weighted by molar-refractivity contribution is 7.89. The molecule has 0 saturated carbocycles. The van der Waals surface area contributed by atoms with E-state index in [4.69, 9.17) is 4.74 Å². The first kappa shape index (κ1) is 17.5. The molecular weight excluding hydrogens is 292 g/mol. The lowest BCUT2D eigenvalue weighted by Crippen LogP contribution is -2.31. The summed E-state index contributed by atoms with van der Waals surface area (Å²) in [5.74, 6) is -0.0224. The van der Waals surface area contributed by atoms with Crippen LogP contribution in [0.1, 0.15) is 24.2 Å². The Labute approximate surface area is 126 Å². The standard InChI is InChI=1S/C14H22N2O4S/c1-6-16(7-2)21(18,19)13-10-11(14(17)15(3)4)8-9-12(13)20-5/h8-10H,6-7H2,1-5H3. The number of benzene rings is 1. The zero-order valence-electron chi connectivity index (χ0n) is 13.1. The van der Waals surface area contributed by atoms with Gasteiger partial charge in [-0.15, -0.1) is 0 Å². The van der Waals surface area contributed by atoms with Crippen LogP contribution in [0.15, 0.2) is 23.1 Å². The molecule has 6 nitrogen and oxygen atoms in total. The normalized spacial score (nSPS) is 11.5. The van der Waals surface area contributed by atoms with E-state index in [2.05, 4.69) is 0 Å². The van der Waals surface area contributed by atoms with Gasteiger partial charge < -0.3 is 9.64 Å². The van der Waals surface area contributed by atoms with Gasteiger partial charge in [0.1, 0.15) is 10.6 Å². The summed E-state index contributed by atoms with van der Waals surface area (Å²) in [6, 6.07) is 4.43. The van der Waals surface area contributed by atoms with E-state index in [9.17, 15) is 13.2 Å². The number of amides is 1. The third-order valence-corrected chi connectivity index (χ3v) is 5.21. The van der Waals surface area contributed by atoms with Gasteiger partial charge in [0.25, 0.3) is 5.91 Å². The van der Waals surface area contributed by atoms with Gasteiger partial charge in [-0.05, 0) is 18.2 Å². The Morgan fingerprint density at radius 3 is 2.19 bits per heavy atom. The van der Waals surface area contributed by atoms with Gasteiger partial charge in [-0.2, -0.15) is 4.31 Å². The van der Waals surface area contributed by atoms with Crippen LogP contribution < -0.4 is 4.74 Å². The number of nitrogens with zero attached hydrogens (tertiary/aromatic N) is 2. The summed E-state index contributed by atoms with van der Waals surface area (Å²) in [4.78, 5) is 13.4. The Morgan fingerprint density at radius 1 is 1.19 bits per heavy atom. The van der Waals surface area contributed by atoms with Gasteiger partial charge in [0.05, 0.1) is 7.11 Å². The molecule has 0 bridgehead atoms. The maximum absolute atomic E-state index is 12.6. The molecule has 0 unspecified atom stereocenters. The van der Waals surface area contributed by atoms with E-state index in [1.54, 1.807) is 34.0 Å². The summed E-state index contributed by atoms with van der Waals surface area (Å²) in [5, 5.41) is 0. The quantitative estimate of drug-likeness (QED) is 0.796. The molecule has 21 heavy (non-hydrogen) atoms. The van der Waals surface area contributed by atoms with E-state index in [0.29, 0.717) is 18.7 Å². The Kier molecular flexibility index (Phi) is 5.74. The molecule has 0 fully saturated rings. The SMILES string of the molecule is CCN(CC)S(=O)(=O)c1cc(C(=O)N(C)C)ccc1OC. The van der Waals surface area contributed by atoms with Crippen molar-refractivity contribution in [3.8, 4) is 5.75 Å². The molecule has 0 aromatic heterocycles. The summed E-state index contributed by atoms with van der Waals surface area (Å²) in [7, 11) is 0.951. The fourth-order valence-corrected chi connectivity index (χ4v) is 3.61. The number of sulfonamides is 1. The molecule has 0 heterocycles. The lowest BCUT2D eigenvalue weighted by Gasteiger charge is -2.21. The maximum Gasteiger partial charge on any atom is 0.253 e.